The molecule has 2 aliphatic carbocycles. The lowest BCUT2D eigenvalue weighted by atomic mass is 9.68. The normalized spacial score (nSPS) is 30.3. The van der Waals surface area contributed by atoms with Gasteiger partial charge in [0.15, 0.2) is 0 Å². The molecule has 4 rings (SSSR count). The minimum absolute atomic E-state index is 0.507. The maximum absolute atomic E-state index is 2.64. The predicted octanol–water partition coefficient (Wildman–Crippen LogP) is 5.31. The fraction of sp³-hybridized carbons (Fsp3) is 0.500. The fourth-order valence-electron chi connectivity index (χ4n) is 4.61. The van der Waals surface area contributed by atoms with Gasteiger partial charge in [0.1, 0.15) is 0 Å². The van der Waals surface area contributed by atoms with Crippen molar-refractivity contribution < 1.29 is 0 Å². The highest BCUT2D eigenvalue weighted by Crippen LogP contribution is 2.52. The molecule has 1 aromatic carbocycles. The quantitative estimate of drug-likeness (QED) is 0.673. The Bertz CT molecular complexity index is 594. The van der Waals surface area contributed by atoms with Crippen molar-refractivity contribution >= 4 is 5.69 Å². The molecule has 0 amide bonds. The third-order valence-electron chi connectivity index (χ3n) is 5.61. The van der Waals surface area contributed by atoms with E-state index in [1.807, 2.05) is 0 Å². The molecule has 0 saturated heterocycles. The molecule has 1 aliphatic heterocycles. The van der Waals surface area contributed by atoms with Crippen molar-refractivity contribution in [1.82, 2.24) is 0 Å². The standard InChI is InChI=1S/C20H25N/c1-20(2)13-12-19-17(14-20)16-10-6-7-11-18(16)21(19)15-8-4-3-5-9-15/h3-5,7-9,11,17,19H,6,10,12-14H2,1-2H3. The van der Waals surface area contributed by atoms with Gasteiger partial charge >= 0.3 is 0 Å². The van der Waals surface area contributed by atoms with Crippen LogP contribution < -0.4 is 4.90 Å². The Morgan fingerprint density at radius 3 is 2.76 bits per heavy atom. The number of hydrogen-bond donors (Lipinski definition) is 0. The third kappa shape index (κ3) is 2.14. The van der Waals surface area contributed by atoms with Crippen LogP contribution in [0.25, 0.3) is 0 Å². The summed E-state index contributed by atoms with van der Waals surface area (Å²) in [5, 5.41) is 0. The smallest absolute Gasteiger partial charge is 0.0413 e. The molecule has 2 atom stereocenters. The van der Waals surface area contributed by atoms with Gasteiger partial charge < -0.3 is 4.90 Å². The van der Waals surface area contributed by atoms with Crippen LogP contribution in [-0.2, 0) is 0 Å². The molecule has 0 N–H and O–H groups in total. The van der Waals surface area contributed by atoms with Crippen molar-refractivity contribution in [2.45, 2.75) is 52.0 Å². The number of anilines is 1. The average Bonchev–Trinajstić information content (AvgIpc) is 2.81. The summed E-state index contributed by atoms with van der Waals surface area (Å²) in [5.41, 5.74) is 5.13. The Morgan fingerprint density at radius 1 is 1.14 bits per heavy atom. The van der Waals surface area contributed by atoms with E-state index in [0.29, 0.717) is 11.5 Å². The Morgan fingerprint density at radius 2 is 1.95 bits per heavy atom. The van der Waals surface area contributed by atoms with Gasteiger partial charge in [0.05, 0.1) is 0 Å². The van der Waals surface area contributed by atoms with Crippen LogP contribution in [0.2, 0.25) is 0 Å². The van der Waals surface area contributed by atoms with Crippen molar-refractivity contribution in [2.75, 3.05) is 4.90 Å². The van der Waals surface area contributed by atoms with Crippen LogP contribution in [0.1, 0.15) is 46.0 Å². The molecule has 21 heavy (non-hydrogen) atoms. The lowest BCUT2D eigenvalue weighted by Crippen LogP contribution is -2.40. The Hall–Kier alpha value is -1.50. The molecule has 1 saturated carbocycles. The van der Waals surface area contributed by atoms with E-state index in [1.54, 1.807) is 5.57 Å². The molecule has 1 aromatic rings. The molecule has 0 aromatic heterocycles. The summed E-state index contributed by atoms with van der Waals surface area (Å²) in [5.74, 6) is 0.772. The van der Waals surface area contributed by atoms with E-state index in [9.17, 15) is 0 Å². The first-order valence-electron chi connectivity index (χ1n) is 8.40. The first kappa shape index (κ1) is 13.2. The molecule has 1 heteroatoms. The maximum Gasteiger partial charge on any atom is 0.0413 e. The second-order valence-corrected chi connectivity index (χ2v) is 7.64. The second kappa shape index (κ2) is 4.76. The maximum atomic E-state index is 2.64. The number of fused-ring (bicyclic) bond motifs is 2. The molecular formula is C20H25N. The molecule has 1 heterocycles. The second-order valence-electron chi connectivity index (χ2n) is 7.64. The van der Waals surface area contributed by atoms with E-state index >= 15 is 0 Å². The third-order valence-corrected chi connectivity index (χ3v) is 5.61. The molecule has 2 unspecified atom stereocenters. The van der Waals surface area contributed by atoms with Gasteiger partial charge in [-0.25, -0.2) is 0 Å². The van der Waals surface area contributed by atoms with Gasteiger partial charge in [0.2, 0.25) is 0 Å². The van der Waals surface area contributed by atoms with Gasteiger partial charge in [-0.3, -0.25) is 0 Å². The first-order valence-corrected chi connectivity index (χ1v) is 8.40. The van der Waals surface area contributed by atoms with Gasteiger partial charge in [-0.1, -0.05) is 38.1 Å². The van der Waals surface area contributed by atoms with Crippen LogP contribution in [0.3, 0.4) is 0 Å². The van der Waals surface area contributed by atoms with Gasteiger partial charge in [-0.05, 0) is 61.3 Å². The molecule has 1 nitrogen and oxygen atoms in total. The monoisotopic (exact) mass is 279 g/mol. The lowest BCUT2D eigenvalue weighted by Gasteiger charge is -2.42. The van der Waals surface area contributed by atoms with Gasteiger partial charge in [-0.15, -0.1) is 0 Å². The molecular weight excluding hydrogens is 254 g/mol. The number of para-hydroxylation sites is 1. The number of benzene rings is 1. The number of allylic oxidation sites excluding steroid dienone is 2. The van der Waals surface area contributed by atoms with Crippen molar-refractivity contribution in [3.8, 4) is 0 Å². The van der Waals surface area contributed by atoms with Gasteiger partial charge in [0.25, 0.3) is 0 Å². The van der Waals surface area contributed by atoms with Crippen LogP contribution in [0.5, 0.6) is 0 Å². The SMILES string of the molecule is CC1(C)CCC2C(C1)C1=C(C=CCC1)N2c1ccccc1. The fourth-order valence-corrected chi connectivity index (χ4v) is 4.61. The van der Waals surface area contributed by atoms with Crippen molar-refractivity contribution in [1.29, 1.82) is 0 Å². The van der Waals surface area contributed by atoms with E-state index in [2.05, 4.69) is 61.2 Å². The van der Waals surface area contributed by atoms with Crippen LogP contribution in [-0.4, -0.2) is 6.04 Å². The average molecular weight is 279 g/mol. The van der Waals surface area contributed by atoms with Crippen LogP contribution in [0, 0.1) is 11.3 Å². The van der Waals surface area contributed by atoms with Gasteiger partial charge in [-0.2, -0.15) is 0 Å². The first-order chi connectivity index (χ1) is 10.2. The Labute approximate surface area is 128 Å². The summed E-state index contributed by atoms with van der Waals surface area (Å²) < 4.78 is 0. The predicted molar refractivity (Wildman–Crippen MR) is 89.2 cm³/mol. The van der Waals surface area contributed by atoms with Crippen molar-refractivity contribution in [2.24, 2.45) is 11.3 Å². The van der Waals surface area contributed by atoms with Crippen molar-refractivity contribution in [3.63, 3.8) is 0 Å². The van der Waals surface area contributed by atoms with Crippen molar-refractivity contribution in [3.05, 3.63) is 53.8 Å². The van der Waals surface area contributed by atoms with Crippen LogP contribution in [0.15, 0.2) is 53.8 Å². The summed E-state index contributed by atoms with van der Waals surface area (Å²) in [7, 11) is 0. The Balaban J connectivity index is 1.77. The largest absolute Gasteiger partial charge is 0.338 e. The zero-order chi connectivity index (χ0) is 14.4. The lowest BCUT2D eigenvalue weighted by molar-refractivity contribution is 0.183. The molecule has 0 radical (unpaired) electrons. The molecule has 3 aliphatic rings. The molecule has 1 fully saturated rings. The summed E-state index contributed by atoms with van der Waals surface area (Å²) in [6.45, 7) is 4.90. The minimum atomic E-state index is 0.507. The van der Waals surface area contributed by atoms with E-state index in [-0.39, 0.29) is 0 Å². The summed E-state index contributed by atoms with van der Waals surface area (Å²) in [6.07, 6.45) is 11.3. The number of nitrogens with zero attached hydrogens (tertiary/aromatic N) is 1. The Kier molecular flexibility index (Phi) is 2.99. The molecule has 0 bridgehead atoms. The van der Waals surface area contributed by atoms with E-state index in [4.69, 9.17) is 0 Å². The van der Waals surface area contributed by atoms with Crippen LogP contribution >= 0.6 is 0 Å². The number of rotatable bonds is 1. The number of hydrogen-bond acceptors (Lipinski definition) is 1. The zero-order valence-corrected chi connectivity index (χ0v) is 13.2. The topological polar surface area (TPSA) is 3.24 Å². The van der Waals surface area contributed by atoms with E-state index in [0.717, 1.165) is 5.92 Å². The minimum Gasteiger partial charge on any atom is -0.338 e. The highest BCUT2D eigenvalue weighted by Gasteiger charge is 2.45. The summed E-state index contributed by atoms with van der Waals surface area (Å²) in [6, 6.07) is 11.7. The highest BCUT2D eigenvalue weighted by atomic mass is 15.2. The summed E-state index contributed by atoms with van der Waals surface area (Å²) >= 11 is 0. The summed E-state index contributed by atoms with van der Waals surface area (Å²) in [4.78, 5) is 2.64. The van der Waals surface area contributed by atoms with E-state index in [1.165, 1.54) is 43.5 Å². The highest BCUT2D eigenvalue weighted by molar-refractivity contribution is 5.61. The van der Waals surface area contributed by atoms with E-state index < -0.39 is 0 Å². The zero-order valence-electron chi connectivity index (χ0n) is 13.2. The van der Waals surface area contributed by atoms with Gasteiger partial charge in [0, 0.05) is 23.3 Å². The molecule has 0 spiro atoms. The van der Waals surface area contributed by atoms with Crippen LogP contribution in [0.4, 0.5) is 5.69 Å². The molecule has 110 valence electrons.